The van der Waals surface area contributed by atoms with Crippen molar-refractivity contribution in [3.8, 4) is 0 Å². The van der Waals surface area contributed by atoms with Crippen molar-refractivity contribution < 1.29 is 14.3 Å². The molecule has 4 heteroatoms. The van der Waals surface area contributed by atoms with Gasteiger partial charge in [-0.25, -0.2) is 0 Å². The van der Waals surface area contributed by atoms with E-state index in [1.165, 1.54) is 7.11 Å². The SMILES string of the molecule is COC(=O)C(CI)c1cccc(C(=O)c2ccccc2)c1. The van der Waals surface area contributed by atoms with Crippen LogP contribution in [0.3, 0.4) is 0 Å². The molecule has 0 aromatic heterocycles. The molecule has 0 spiro atoms. The molecular weight excluding hydrogens is 379 g/mol. The van der Waals surface area contributed by atoms with E-state index in [9.17, 15) is 9.59 Å². The maximum atomic E-state index is 12.4. The molecule has 0 heterocycles. The second-order valence-corrected chi connectivity index (χ2v) is 5.43. The quantitative estimate of drug-likeness (QED) is 0.337. The molecule has 0 aliphatic rings. The van der Waals surface area contributed by atoms with Crippen LogP contribution in [-0.4, -0.2) is 23.3 Å². The first-order valence-electron chi connectivity index (χ1n) is 6.51. The standard InChI is InChI=1S/C17H15IO3/c1-21-17(20)15(11-18)13-8-5-9-14(10-13)16(19)12-6-3-2-4-7-12/h2-10,15H,11H2,1H3. The Morgan fingerprint density at radius 3 is 2.33 bits per heavy atom. The fraction of sp³-hybridized carbons (Fsp3) is 0.176. The Morgan fingerprint density at radius 1 is 1.05 bits per heavy atom. The molecule has 0 aliphatic carbocycles. The van der Waals surface area contributed by atoms with Crippen molar-refractivity contribution in [2.45, 2.75) is 5.92 Å². The van der Waals surface area contributed by atoms with Gasteiger partial charge in [0, 0.05) is 15.6 Å². The maximum absolute atomic E-state index is 12.4. The van der Waals surface area contributed by atoms with E-state index in [1.54, 1.807) is 30.3 Å². The van der Waals surface area contributed by atoms with Crippen LogP contribution < -0.4 is 0 Å². The minimum Gasteiger partial charge on any atom is -0.469 e. The lowest BCUT2D eigenvalue weighted by Gasteiger charge is -2.13. The van der Waals surface area contributed by atoms with Crippen molar-refractivity contribution in [3.05, 3.63) is 71.3 Å². The largest absolute Gasteiger partial charge is 0.469 e. The molecule has 0 amide bonds. The van der Waals surface area contributed by atoms with E-state index in [-0.39, 0.29) is 17.7 Å². The van der Waals surface area contributed by atoms with Crippen molar-refractivity contribution in [3.63, 3.8) is 0 Å². The van der Waals surface area contributed by atoms with Crippen molar-refractivity contribution in [2.24, 2.45) is 0 Å². The molecule has 0 N–H and O–H groups in total. The summed E-state index contributed by atoms with van der Waals surface area (Å²) in [5.41, 5.74) is 2.02. The number of esters is 1. The molecule has 0 aliphatic heterocycles. The van der Waals surface area contributed by atoms with E-state index < -0.39 is 0 Å². The highest BCUT2D eigenvalue weighted by Crippen LogP contribution is 2.22. The van der Waals surface area contributed by atoms with Crippen LogP contribution in [0.4, 0.5) is 0 Å². The summed E-state index contributed by atoms with van der Waals surface area (Å²) in [5, 5.41) is 0. The molecule has 2 aromatic rings. The monoisotopic (exact) mass is 394 g/mol. The maximum Gasteiger partial charge on any atom is 0.313 e. The molecule has 0 saturated heterocycles. The number of hydrogen-bond acceptors (Lipinski definition) is 3. The van der Waals surface area contributed by atoms with Crippen molar-refractivity contribution in [1.82, 2.24) is 0 Å². The lowest BCUT2D eigenvalue weighted by Crippen LogP contribution is -2.16. The summed E-state index contributed by atoms with van der Waals surface area (Å²) in [7, 11) is 1.38. The number of carbonyl (C=O) groups is 2. The third-order valence-electron chi connectivity index (χ3n) is 3.23. The summed E-state index contributed by atoms with van der Waals surface area (Å²) in [4.78, 5) is 24.2. The first-order valence-corrected chi connectivity index (χ1v) is 8.03. The average Bonchev–Trinajstić information content (AvgIpc) is 2.55. The summed E-state index contributed by atoms with van der Waals surface area (Å²) < 4.78 is 5.42. The van der Waals surface area contributed by atoms with Crippen LogP contribution in [0.5, 0.6) is 0 Å². The Labute approximate surface area is 137 Å². The highest BCUT2D eigenvalue weighted by molar-refractivity contribution is 14.1. The average molecular weight is 394 g/mol. The number of ether oxygens (including phenoxy) is 1. The molecule has 1 atom stereocenters. The Morgan fingerprint density at radius 2 is 1.71 bits per heavy atom. The minimum absolute atomic E-state index is 0.0467. The van der Waals surface area contributed by atoms with Gasteiger partial charge < -0.3 is 4.74 Å². The predicted molar refractivity (Wildman–Crippen MR) is 90.0 cm³/mol. The molecule has 2 aromatic carbocycles. The van der Waals surface area contributed by atoms with Gasteiger partial charge in [0.2, 0.25) is 0 Å². The Balaban J connectivity index is 2.33. The van der Waals surface area contributed by atoms with E-state index >= 15 is 0 Å². The first-order chi connectivity index (χ1) is 10.2. The number of methoxy groups -OCH3 is 1. The lowest BCUT2D eigenvalue weighted by atomic mass is 9.96. The Hall–Kier alpha value is -1.69. The van der Waals surface area contributed by atoms with Gasteiger partial charge in [0.05, 0.1) is 13.0 Å². The van der Waals surface area contributed by atoms with Crippen LogP contribution in [0.15, 0.2) is 54.6 Å². The lowest BCUT2D eigenvalue weighted by molar-refractivity contribution is -0.141. The number of halogens is 1. The van der Waals surface area contributed by atoms with Crippen LogP contribution >= 0.6 is 22.6 Å². The fourth-order valence-electron chi connectivity index (χ4n) is 2.08. The summed E-state index contributed by atoms with van der Waals surface area (Å²) in [6.45, 7) is 0. The highest BCUT2D eigenvalue weighted by atomic mass is 127. The summed E-state index contributed by atoms with van der Waals surface area (Å²) in [6.07, 6.45) is 0. The van der Waals surface area contributed by atoms with Gasteiger partial charge in [0.25, 0.3) is 0 Å². The molecule has 0 bridgehead atoms. The van der Waals surface area contributed by atoms with Crippen molar-refractivity contribution >= 4 is 34.3 Å². The van der Waals surface area contributed by atoms with Gasteiger partial charge >= 0.3 is 5.97 Å². The smallest absolute Gasteiger partial charge is 0.313 e. The molecule has 0 radical (unpaired) electrons. The van der Waals surface area contributed by atoms with E-state index in [0.29, 0.717) is 15.6 Å². The zero-order chi connectivity index (χ0) is 15.2. The number of ketones is 1. The Kier molecular flexibility index (Phi) is 5.50. The summed E-state index contributed by atoms with van der Waals surface area (Å²) in [6, 6.07) is 16.3. The van der Waals surface area contributed by atoms with E-state index in [1.807, 2.05) is 24.3 Å². The second kappa shape index (κ2) is 7.36. The van der Waals surface area contributed by atoms with Gasteiger partial charge in [-0.15, -0.1) is 0 Å². The fourth-order valence-corrected chi connectivity index (χ4v) is 2.95. The van der Waals surface area contributed by atoms with Gasteiger partial charge in [-0.3, -0.25) is 9.59 Å². The zero-order valence-corrected chi connectivity index (χ0v) is 13.7. The van der Waals surface area contributed by atoms with Gasteiger partial charge in [-0.2, -0.15) is 0 Å². The molecule has 0 saturated carbocycles. The molecule has 1 unspecified atom stereocenters. The minimum atomic E-state index is -0.348. The van der Waals surface area contributed by atoms with Crippen LogP contribution in [-0.2, 0) is 9.53 Å². The van der Waals surface area contributed by atoms with Crippen molar-refractivity contribution in [2.75, 3.05) is 11.5 Å². The van der Waals surface area contributed by atoms with E-state index in [0.717, 1.165) is 5.56 Å². The number of benzene rings is 2. The Bertz CT molecular complexity index is 637. The number of alkyl halides is 1. The van der Waals surface area contributed by atoms with Crippen LogP contribution in [0.2, 0.25) is 0 Å². The molecule has 21 heavy (non-hydrogen) atoms. The summed E-state index contributed by atoms with van der Waals surface area (Å²) in [5.74, 6) is -0.678. The van der Waals surface area contributed by atoms with Crippen molar-refractivity contribution in [1.29, 1.82) is 0 Å². The zero-order valence-electron chi connectivity index (χ0n) is 11.6. The van der Waals surface area contributed by atoms with Crippen LogP contribution in [0.25, 0.3) is 0 Å². The van der Waals surface area contributed by atoms with Crippen LogP contribution in [0, 0.1) is 0 Å². The highest BCUT2D eigenvalue weighted by Gasteiger charge is 2.21. The van der Waals surface area contributed by atoms with Gasteiger partial charge in [-0.1, -0.05) is 71.1 Å². The first kappa shape index (κ1) is 15.7. The van der Waals surface area contributed by atoms with Gasteiger partial charge in [0.15, 0.2) is 5.78 Å². The molecule has 3 nitrogen and oxygen atoms in total. The van der Waals surface area contributed by atoms with Gasteiger partial charge in [-0.05, 0) is 11.6 Å². The van der Waals surface area contributed by atoms with E-state index in [4.69, 9.17) is 4.74 Å². The van der Waals surface area contributed by atoms with E-state index in [2.05, 4.69) is 22.6 Å². The normalized spacial score (nSPS) is 11.7. The van der Waals surface area contributed by atoms with Crippen LogP contribution in [0.1, 0.15) is 27.4 Å². The molecule has 108 valence electrons. The number of carbonyl (C=O) groups excluding carboxylic acids is 2. The topological polar surface area (TPSA) is 43.4 Å². The molecule has 2 rings (SSSR count). The molecule has 0 fully saturated rings. The predicted octanol–water partition coefficient (Wildman–Crippen LogP) is 3.61. The summed E-state index contributed by atoms with van der Waals surface area (Å²) >= 11 is 2.15. The number of hydrogen-bond donors (Lipinski definition) is 0. The van der Waals surface area contributed by atoms with Gasteiger partial charge in [0.1, 0.15) is 0 Å². The molecular formula is C17H15IO3. The second-order valence-electron chi connectivity index (χ2n) is 4.55. The third kappa shape index (κ3) is 3.69. The number of rotatable bonds is 5. The third-order valence-corrected chi connectivity index (χ3v) is 4.11.